The zero-order valence-corrected chi connectivity index (χ0v) is 19.2. The Bertz CT molecular complexity index is 963. The van der Waals surface area contributed by atoms with E-state index >= 15 is 0 Å². The highest BCUT2D eigenvalue weighted by Crippen LogP contribution is 2.37. The highest BCUT2D eigenvalue weighted by atomic mass is 35.5. The monoisotopic (exact) mass is 518 g/mol. The zero-order valence-electron chi connectivity index (χ0n) is 17.4. The van der Waals surface area contributed by atoms with Gasteiger partial charge in [0.05, 0.1) is 9.95 Å². The summed E-state index contributed by atoms with van der Waals surface area (Å²) in [5, 5.41) is 13.6. The molecule has 0 unspecified atom stereocenters. The Morgan fingerprint density at radius 1 is 1.15 bits per heavy atom. The fourth-order valence-corrected chi connectivity index (χ4v) is 2.49. The minimum absolute atomic E-state index is 0.0145. The van der Waals surface area contributed by atoms with E-state index in [9.17, 15) is 32.2 Å². The molecule has 0 aliphatic rings. The van der Waals surface area contributed by atoms with Crippen LogP contribution in [0.3, 0.4) is 0 Å². The number of nitro benzene ring substituents is 1. The van der Waals surface area contributed by atoms with Crippen molar-refractivity contribution in [3.8, 4) is 17.2 Å². The van der Waals surface area contributed by atoms with Gasteiger partial charge >= 0.3 is 20.8 Å². The maximum Gasteiger partial charge on any atom is 0.461 e. The van der Waals surface area contributed by atoms with E-state index in [1.54, 1.807) is 6.92 Å². The summed E-state index contributed by atoms with van der Waals surface area (Å²) in [5.41, 5.74) is 0.0564. The van der Waals surface area contributed by atoms with Crippen LogP contribution < -0.4 is 14.8 Å². The van der Waals surface area contributed by atoms with Gasteiger partial charge in [-0.05, 0) is 25.1 Å². The molecule has 0 radical (unpaired) electrons. The first-order valence-electron chi connectivity index (χ1n) is 8.91. The van der Waals surface area contributed by atoms with Gasteiger partial charge in [-0.3, -0.25) is 14.7 Å². The molecule has 0 saturated carbocycles. The fraction of sp³-hybridized carbons (Fsp3) is 0.333. The van der Waals surface area contributed by atoms with Gasteiger partial charge in [-0.2, -0.15) is 17.6 Å². The molecular formula is C18H20ClF4N2O7P. The summed E-state index contributed by atoms with van der Waals surface area (Å²) in [6.45, 7) is 2.18. The van der Waals surface area contributed by atoms with Gasteiger partial charge in [0.15, 0.2) is 0 Å². The largest absolute Gasteiger partial charge is 0.461 e. The average molecular weight is 519 g/mol. The predicted octanol–water partition coefficient (Wildman–Crippen LogP) is 6.38. The number of nitrogens with one attached hydrogen (secondary N) is 1. The van der Waals surface area contributed by atoms with Crippen LogP contribution in [-0.4, -0.2) is 38.2 Å². The van der Waals surface area contributed by atoms with Crippen molar-refractivity contribution in [2.24, 2.45) is 0 Å². The minimum atomic E-state index is -4.66. The highest BCUT2D eigenvalue weighted by Gasteiger charge is 2.44. The van der Waals surface area contributed by atoms with Crippen LogP contribution in [0.4, 0.5) is 28.9 Å². The van der Waals surface area contributed by atoms with Crippen molar-refractivity contribution in [2.75, 3.05) is 26.1 Å². The molecule has 1 N–H and O–H groups in total. The van der Waals surface area contributed by atoms with Crippen molar-refractivity contribution in [3.63, 3.8) is 0 Å². The van der Waals surface area contributed by atoms with Gasteiger partial charge in [-0.25, -0.2) is 0 Å². The Kier molecular flexibility index (Phi) is 11.4. The molecular weight excluding hydrogens is 499 g/mol. The Labute approximate surface area is 191 Å². The molecule has 184 valence electrons. The summed E-state index contributed by atoms with van der Waals surface area (Å²) in [7, 11) is 0.558. The number of hydrogen-bond acceptors (Lipinski definition) is 8. The summed E-state index contributed by atoms with van der Waals surface area (Å²) in [4.78, 5) is 10.4. The molecule has 2 aromatic carbocycles. The number of nitro groups is 1. The molecule has 0 atom stereocenters. The normalized spacial score (nSPS) is 11.1. The molecule has 2 rings (SSSR count). The second-order valence-corrected chi connectivity index (χ2v) is 7.51. The van der Waals surface area contributed by atoms with Gasteiger partial charge in [-0.15, -0.1) is 0 Å². The molecule has 0 amide bonds. The molecule has 9 nitrogen and oxygen atoms in total. The first-order valence-corrected chi connectivity index (χ1v) is 10.5. The smallest absolute Gasteiger partial charge is 0.456 e. The Morgan fingerprint density at radius 2 is 1.76 bits per heavy atom. The predicted molar refractivity (Wildman–Crippen MR) is 113 cm³/mol. The number of rotatable bonds is 10. The summed E-state index contributed by atoms with van der Waals surface area (Å²) in [5.74, 6) is -0.375. The third-order valence-corrected chi connectivity index (χ3v) is 4.47. The van der Waals surface area contributed by atoms with Crippen molar-refractivity contribution in [2.45, 2.75) is 19.5 Å². The Morgan fingerprint density at radius 3 is 2.21 bits per heavy atom. The van der Waals surface area contributed by atoms with Crippen LogP contribution in [0.1, 0.15) is 6.92 Å². The lowest BCUT2D eigenvalue weighted by Gasteiger charge is -2.17. The first kappa shape index (κ1) is 28.4. The minimum Gasteiger partial charge on any atom is -0.456 e. The molecule has 0 heterocycles. The molecule has 0 saturated heterocycles. The standard InChI is InChI=1S/C16H13ClF4N2O4.C2H7O3P/c1-2-22-12-8-9(3-5-13(12)23(24)25)26-14-6-4-10(7-11(14)17)27-16(20,21)15(18)19;1-4-6(3)5-2/h3-8,15,22H,2H2,1H3;6H,1-2H3. The molecule has 0 fully saturated rings. The second kappa shape index (κ2) is 13.2. The van der Waals surface area contributed by atoms with Crippen LogP contribution in [0, 0.1) is 10.1 Å². The lowest BCUT2D eigenvalue weighted by Crippen LogP contribution is -2.33. The summed E-state index contributed by atoms with van der Waals surface area (Å²) >= 11 is 5.91. The van der Waals surface area contributed by atoms with Gasteiger partial charge in [0, 0.05) is 39.0 Å². The lowest BCUT2D eigenvalue weighted by atomic mass is 10.2. The molecule has 0 aliphatic carbocycles. The highest BCUT2D eigenvalue weighted by molar-refractivity contribution is 7.33. The Hall–Kier alpha value is -2.60. The molecule has 0 spiro atoms. The number of benzene rings is 2. The van der Waals surface area contributed by atoms with Gasteiger partial charge in [0.1, 0.15) is 22.9 Å². The van der Waals surface area contributed by atoms with E-state index in [0.717, 1.165) is 18.2 Å². The van der Waals surface area contributed by atoms with Crippen LogP contribution in [0.5, 0.6) is 17.2 Å². The fourth-order valence-electron chi connectivity index (χ4n) is 2.11. The maximum absolute atomic E-state index is 12.9. The van der Waals surface area contributed by atoms with Gasteiger partial charge in [0.25, 0.3) is 5.69 Å². The topological polar surface area (TPSA) is 109 Å². The van der Waals surface area contributed by atoms with E-state index in [4.69, 9.17) is 16.3 Å². The number of alkyl halides is 4. The van der Waals surface area contributed by atoms with Crippen molar-refractivity contribution >= 4 is 31.2 Å². The average Bonchev–Trinajstić information content (AvgIpc) is 2.75. The van der Waals surface area contributed by atoms with Crippen molar-refractivity contribution in [1.82, 2.24) is 0 Å². The molecule has 0 aliphatic heterocycles. The number of nitrogens with zero attached hydrogens (tertiary/aromatic N) is 1. The van der Waals surface area contributed by atoms with Gasteiger partial charge in [0.2, 0.25) is 0 Å². The van der Waals surface area contributed by atoms with Crippen molar-refractivity contribution in [1.29, 1.82) is 0 Å². The summed E-state index contributed by atoms with van der Waals surface area (Å²) in [6, 6.07) is 6.94. The van der Waals surface area contributed by atoms with Gasteiger partial charge in [-0.1, -0.05) is 11.6 Å². The number of hydrogen-bond donors (Lipinski definition) is 1. The van der Waals surface area contributed by atoms with Crippen LogP contribution >= 0.6 is 19.9 Å². The summed E-state index contributed by atoms with van der Waals surface area (Å²) < 4.78 is 78.0. The van der Waals surface area contributed by atoms with E-state index in [-0.39, 0.29) is 27.9 Å². The van der Waals surface area contributed by atoms with Gasteiger partial charge < -0.3 is 23.8 Å². The molecule has 15 heteroatoms. The van der Waals surface area contributed by atoms with Crippen LogP contribution in [-0.2, 0) is 13.6 Å². The maximum atomic E-state index is 12.9. The summed E-state index contributed by atoms with van der Waals surface area (Å²) in [6.07, 6.45) is -8.66. The molecule has 0 aromatic heterocycles. The van der Waals surface area contributed by atoms with Crippen LogP contribution in [0.15, 0.2) is 36.4 Å². The third kappa shape index (κ3) is 9.04. The van der Waals surface area contributed by atoms with E-state index in [1.165, 1.54) is 32.4 Å². The number of halogens is 5. The first-order chi connectivity index (χ1) is 15.4. The zero-order chi connectivity index (χ0) is 25.2. The molecule has 2 aromatic rings. The van der Waals surface area contributed by atoms with E-state index in [0.29, 0.717) is 6.54 Å². The van der Waals surface area contributed by atoms with Crippen molar-refractivity contribution in [3.05, 3.63) is 51.5 Å². The second-order valence-electron chi connectivity index (χ2n) is 5.78. The van der Waals surface area contributed by atoms with Crippen LogP contribution in [0.2, 0.25) is 5.02 Å². The SMILES string of the molecule is CCNc1cc(Oc2ccc(OC(F)(F)C(F)F)cc2Cl)ccc1[N+](=O)[O-].CO[PH](=O)OC. The third-order valence-electron chi connectivity index (χ3n) is 3.50. The van der Waals surface area contributed by atoms with E-state index in [2.05, 4.69) is 19.1 Å². The van der Waals surface area contributed by atoms with E-state index in [1.807, 2.05) is 0 Å². The van der Waals surface area contributed by atoms with Crippen LogP contribution in [0.25, 0.3) is 0 Å². The van der Waals surface area contributed by atoms with E-state index < -0.39 is 31.5 Å². The number of anilines is 1. The lowest BCUT2D eigenvalue weighted by molar-refractivity contribution is -0.384. The quantitative estimate of drug-likeness (QED) is 0.167. The molecule has 0 bridgehead atoms. The number of ether oxygens (including phenoxy) is 2. The molecule has 33 heavy (non-hydrogen) atoms. The Balaban J connectivity index is 0.000000801. The van der Waals surface area contributed by atoms with Crippen molar-refractivity contribution < 1.29 is 45.6 Å².